The van der Waals surface area contributed by atoms with Crippen molar-refractivity contribution >= 4 is 27.5 Å². The van der Waals surface area contributed by atoms with Crippen molar-refractivity contribution in [1.82, 2.24) is 5.43 Å². The summed E-state index contributed by atoms with van der Waals surface area (Å²) in [5.41, 5.74) is 4.18. The molecule has 6 heteroatoms. The number of ether oxygens (including phenoxy) is 1. The van der Waals surface area contributed by atoms with Gasteiger partial charge in [-0.1, -0.05) is 33.6 Å². The van der Waals surface area contributed by atoms with E-state index in [1.807, 2.05) is 6.07 Å². The number of nitrogens with one attached hydrogen (secondary N) is 1. The number of rotatable bonds is 4. The molecule has 0 aliphatic carbocycles. The third-order valence-electron chi connectivity index (χ3n) is 2.89. The van der Waals surface area contributed by atoms with Crippen LogP contribution in [-0.2, 0) is 0 Å². The predicted molar refractivity (Wildman–Crippen MR) is 81.3 cm³/mol. The van der Waals surface area contributed by atoms with E-state index in [1.165, 1.54) is 13.2 Å². The highest BCUT2D eigenvalue weighted by Crippen LogP contribution is 2.29. The van der Waals surface area contributed by atoms with E-state index in [2.05, 4.69) is 21.4 Å². The van der Waals surface area contributed by atoms with E-state index in [4.69, 9.17) is 22.2 Å². The first-order valence-electron chi connectivity index (χ1n) is 5.80. The normalized spacial score (nSPS) is 12.2. The number of nitrogens with two attached hydrogens (primary N) is 1. The maximum Gasteiger partial charge on any atom is 0.165 e. The average Bonchev–Trinajstić information content (AvgIpc) is 2.38. The molecule has 0 heterocycles. The van der Waals surface area contributed by atoms with Crippen LogP contribution in [0.2, 0.25) is 5.02 Å². The molecule has 0 aliphatic heterocycles. The average molecular weight is 360 g/mol. The van der Waals surface area contributed by atoms with E-state index in [-0.39, 0.29) is 11.8 Å². The molecule has 20 heavy (non-hydrogen) atoms. The molecule has 1 unspecified atom stereocenters. The molecular weight excluding hydrogens is 347 g/mol. The highest BCUT2D eigenvalue weighted by atomic mass is 79.9. The monoisotopic (exact) mass is 358 g/mol. The third-order valence-corrected chi connectivity index (χ3v) is 3.57. The second kappa shape index (κ2) is 6.54. The first kappa shape index (κ1) is 15.3. The Kier molecular flexibility index (Phi) is 4.99. The number of halogens is 3. The van der Waals surface area contributed by atoms with Gasteiger partial charge in [-0.2, -0.15) is 0 Å². The molecule has 0 saturated heterocycles. The van der Waals surface area contributed by atoms with Crippen LogP contribution < -0.4 is 16.0 Å². The standard InChI is InChI=1S/C14H13BrClFN2O/c1-20-13-3-2-8(6-12(13)17)14(19-18)9-4-10(15)7-11(16)5-9/h2-7,14,19H,18H2,1H3. The Morgan fingerprint density at radius 2 is 2.00 bits per heavy atom. The zero-order valence-corrected chi connectivity index (χ0v) is 13.0. The molecule has 1 atom stereocenters. The summed E-state index contributed by atoms with van der Waals surface area (Å²) in [6.45, 7) is 0. The van der Waals surface area contributed by atoms with Gasteiger partial charge in [0.1, 0.15) is 0 Å². The minimum Gasteiger partial charge on any atom is -0.494 e. The Labute approximate surface area is 130 Å². The van der Waals surface area contributed by atoms with E-state index in [9.17, 15) is 4.39 Å². The summed E-state index contributed by atoms with van der Waals surface area (Å²) < 4.78 is 19.5. The predicted octanol–water partition coefficient (Wildman–Crippen LogP) is 3.80. The van der Waals surface area contributed by atoms with Crippen molar-refractivity contribution in [2.75, 3.05) is 7.11 Å². The molecule has 3 nitrogen and oxygen atoms in total. The van der Waals surface area contributed by atoms with Gasteiger partial charge < -0.3 is 4.74 Å². The summed E-state index contributed by atoms with van der Waals surface area (Å²) >= 11 is 9.40. The van der Waals surface area contributed by atoms with Crippen LogP contribution in [-0.4, -0.2) is 7.11 Å². The summed E-state index contributed by atoms with van der Waals surface area (Å²) in [5.74, 6) is 5.35. The maximum absolute atomic E-state index is 13.8. The third kappa shape index (κ3) is 3.30. The highest BCUT2D eigenvalue weighted by Gasteiger charge is 2.16. The number of benzene rings is 2. The fraction of sp³-hybridized carbons (Fsp3) is 0.143. The molecule has 0 fully saturated rings. The smallest absolute Gasteiger partial charge is 0.165 e. The van der Waals surface area contributed by atoms with Gasteiger partial charge >= 0.3 is 0 Å². The molecular formula is C14H13BrClFN2O. The second-order valence-electron chi connectivity index (χ2n) is 4.20. The Balaban J connectivity index is 2.44. The van der Waals surface area contributed by atoms with E-state index < -0.39 is 5.82 Å². The molecule has 0 spiro atoms. The molecule has 2 aromatic rings. The van der Waals surface area contributed by atoms with Gasteiger partial charge in [-0.05, 0) is 41.5 Å². The van der Waals surface area contributed by atoms with Crippen molar-refractivity contribution in [3.63, 3.8) is 0 Å². The summed E-state index contributed by atoms with van der Waals surface area (Å²) in [4.78, 5) is 0. The molecule has 106 valence electrons. The molecule has 0 saturated carbocycles. The van der Waals surface area contributed by atoms with Crippen LogP contribution in [0.15, 0.2) is 40.9 Å². The van der Waals surface area contributed by atoms with E-state index in [1.54, 1.807) is 24.3 Å². The minimum absolute atomic E-state index is 0.191. The Bertz CT molecular complexity index is 604. The van der Waals surface area contributed by atoms with Crippen LogP contribution >= 0.6 is 27.5 Å². The molecule has 3 N–H and O–H groups in total. The summed E-state index contributed by atoms with van der Waals surface area (Å²) in [6, 6.07) is 9.75. The van der Waals surface area contributed by atoms with Gasteiger partial charge in [-0.3, -0.25) is 5.84 Å². The van der Waals surface area contributed by atoms with Crippen LogP contribution in [0, 0.1) is 5.82 Å². The van der Waals surface area contributed by atoms with Gasteiger partial charge in [0, 0.05) is 9.50 Å². The Morgan fingerprint density at radius 3 is 2.55 bits per heavy atom. The lowest BCUT2D eigenvalue weighted by Gasteiger charge is -2.18. The minimum atomic E-state index is -0.439. The van der Waals surface area contributed by atoms with Crippen LogP contribution in [0.5, 0.6) is 5.75 Å². The lowest BCUT2D eigenvalue weighted by molar-refractivity contribution is 0.385. The fourth-order valence-corrected chi connectivity index (χ4v) is 2.88. The van der Waals surface area contributed by atoms with Gasteiger partial charge in [-0.25, -0.2) is 9.82 Å². The van der Waals surface area contributed by atoms with Crippen LogP contribution in [0.1, 0.15) is 17.2 Å². The molecule has 0 aromatic heterocycles. The zero-order chi connectivity index (χ0) is 14.7. The Morgan fingerprint density at radius 1 is 1.25 bits per heavy atom. The van der Waals surface area contributed by atoms with Crippen LogP contribution in [0.4, 0.5) is 4.39 Å². The first-order valence-corrected chi connectivity index (χ1v) is 6.98. The SMILES string of the molecule is COc1ccc(C(NN)c2cc(Cl)cc(Br)c2)cc1F. The van der Waals surface area contributed by atoms with Crippen molar-refractivity contribution in [2.24, 2.45) is 5.84 Å². The van der Waals surface area contributed by atoms with Gasteiger partial charge in [0.05, 0.1) is 13.2 Å². The number of hydrazine groups is 1. The van der Waals surface area contributed by atoms with Crippen LogP contribution in [0.25, 0.3) is 0 Å². The molecule has 0 bridgehead atoms. The number of methoxy groups -OCH3 is 1. The summed E-state index contributed by atoms with van der Waals surface area (Å²) in [7, 11) is 1.42. The van der Waals surface area contributed by atoms with Crippen molar-refractivity contribution < 1.29 is 9.13 Å². The van der Waals surface area contributed by atoms with Crippen molar-refractivity contribution in [3.05, 3.63) is 62.8 Å². The van der Waals surface area contributed by atoms with Crippen molar-refractivity contribution in [3.8, 4) is 5.75 Å². The van der Waals surface area contributed by atoms with Crippen LogP contribution in [0.3, 0.4) is 0 Å². The maximum atomic E-state index is 13.8. The van der Waals surface area contributed by atoms with E-state index >= 15 is 0 Å². The molecule has 0 amide bonds. The van der Waals surface area contributed by atoms with Crippen molar-refractivity contribution in [1.29, 1.82) is 0 Å². The topological polar surface area (TPSA) is 47.3 Å². The summed E-state index contributed by atoms with van der Waals surface area (Å²) in [5, 5.41) is 0.573. The van der Waals surface area contributed by atoms with E-state index in [0.717, 1.165) is 10.0 Å². The molecule has 2 rings (SSSR count). The first-order chi connectivity index (χ1) is 9.55. The quantitative estimate of drug-likeness (QED) is 0.645. The van der Waals surface area contributed by atoms with Gasteiger partial charge in [0.25, 0.3) is 0 Å². The molecule has 0 radical (unpaired) electrons. The highest BCUT2D eigenvalue weighted by molar-refractivity contribution is 9.10. The van der Waals surface area contributed by atoms with E-state index in [0.29, 0.717) is 10.6 Å². The molecule has 2 aromatic carbocycles. The van der Waals surface area contributed by atoms with Crippen molar-refractivity contribution in [2.45, 2.75) is 6.04 Å². The lowest BCUT2D eigenvalue weighted by Crippen LogP contribution is -2.29. The van der Waals surface area contributed by atoms with Gasteiger partial charge in [0.15, 0.2) is 11.6 Å². The van der Waals surface area contributed by atoms with Gasteiger partial charge in [-0.15, -0.1) is 0 Å². The second-order valence-corrected chi connectivity index (χ2v) is 5.55. The number of hydrogen-bond acceptors (Lipinski definition) is 3. The number of hydrogen-bond donors (Lipinski definition) is 2. The summed E-state index contributed by atoms with van der Waals surface area (Å²) in [6.07, 6.45) is 0. The largest absolute Gasteiger partial charge is 0.494 e. The molecule has 0 aliphatic rings. The van der Waals surface area contributed by atoms with Gasteiger partial charge in [0.2, 0.25) is 0 Å². The lowest BCUT2D eigenvalue weighted by atomic mass is 9.99. The Hall–Kier alpha value is -1.14. The zero-order valence-electron chi connectivity index (χ0n) is 10.7. The fourth-order valence-electron chi connectivity index (χ4n) is 1.99.